The van der Waals surface area contributed by atoms with Gasteiger partial charge in [0.2, 0.25) is 5.91 Å². The minimum Gasteiger partial charge on any atom is -0.465 e. The largest absolute Gasteiger partial charge is 0.465 e. The van der Waals surface area contributed by atoms with E-state index in [-0.39, 0.29) is 35.4 Å². The number of nitrogens with zero attached hydrogens (tertiary/aromatic N) is 2. The SMILES string of the molecule is CN1CCC(N(C(=O)O)c2cc(CCCC(=O)Nc3ccc(CO[Si](C)(C)C(C)(C)C)c(C(F)(F)F)c3)ccc2-c2ccccc2)CC1. The first-order valence-corrected chi connectivity index (χ1v) is 19.4. The quantitative estimate of drug-likeness (QED) is 0.197. The number of aryl methyl sites for hydroxylation is 1. The van der Waals surface area contributed by atoms with Crippen LogP contribution in [0.3, 0.4) is 0 Å². The number of alkyl halides is 3. The zero-order valence-corrected chi connectivity index (χ0v) is 29.8. The Balaban J connectivity index is 1.46. The molecule has 0 spiro atoms. The summed E-state index contributed by atoms with van der Waals surface area (Å²) in [6.45, 7) is 11.5. The molecule has 0 aliphatic carbocycles. The number of halogens is 3. The van der Waals surface area contributed by atoms with Crippen molar-refractivity contribution < 1.29 is 32.3 Å². The third kappa shape index (κ3) is 9.48. The van der Waals surface area contributed by atoms with Crippen LogP contribution in [0.15, 0.2) is 66.7 Å². The minimum atomic E-state index is -4.60. The summed E-state index contributed by atoms with van der Waals surface area (Å²) in [6, 6.07) is 19.1. The van der Waals surface area contributed by atoms with Crippen molar-refractivity contribution in [3.8, 4) is 11.1 Å². The molecule has 1 saturated heterocycles. The van der Waals surface area contributed by atoms with E-state index >= 15 is 0 Å². The summed E-state index contributed by atoms with van der Waals surface area (Å²) in [5.41, 5.74) is 2.51. The smallest absolute Gasteiger partial charge is 0.416 e. The zero-order chi connectivity index (χ0) is 35.3. The number of piperidine rings is 1. The van der Waals surface area contributed by atoms with Gasteiger partial charge in [0.1, 0.15) is 0 Å². The molecule has 1 aliphatic heterocycles. The highest BCUT2D eigenvalue weighted by atomic mass is 28.4. The van der Waals surface area contributed by atoms with Crippen molar-refractivity contribution in [2.24, 2.45) is 0 Å². The normalized spacial score (nSPS) is 14.9. The molecule has 0 bridgehead atoms. The van der Waals surface area contributed by atoms with E-state index < -0.39 is 32.1 Å². The van der Waals surface area contributed by atoms with Gasteiger partial charge in [0, 0.05) is 23.7 Å². The van der Waals surface area contributed by atoms with E-state index in [1.54, 1.807) is 0 Å². The summed E-state index contributed by atoms with van der Waals surface area (Å²) in [4.78, 5) is 29.2. The maximum absolute atomic E-state index is 14.0. The van der Waals surface area contributed by atoms with Gasteiger partial charge in [0.25, 0.3) is 0 Å². The number of likely N-dealkylation sites (tertiary alicyclic amines) is 1. The lowest BCUT2D eigenvalue weighted by molar-refractivity contribution is -0.138. The fourth-order valence-electron chi connectivity index (χ4n) is 5.70. The number of benzene rings is 3. The lowest BCUT2D eigenvalue weighted by Gasteiger charge is -2.36. The van der Waals surface area contributed by atoms with Crippen LogP contribution in [0.1, 0.15) is 63.1 Å². The van der Waals surface area contributed by atoms with Gasteiger partial charge in [-0.25, -0.2) is 4.79 Å². The molecule has 0 atom stereocenters. The van der Waals surface area contributed by atoms with Crippen LogP contribution < -0.4 is 10.2 Å². The van der Waals surface area contributed by atoms with Gasteiger partial charge in [-0.2, -0.15) is 13.2 Å². The Labute approximate surface area is 283 Å². The first-order chi connectivity index (χ1) is 22.5. The van der Waals surface area contributed by atoms with Gasteiger partial charge in [0.05, 0.1) is 17.9 Å². The molecular weight excluding hydrogens is 636 g/mol. The van der Waals surface area contributed by atoms with E-state index in [9.17, 15) is 27.9 Å². The van der Waals surface area contributed by atoms with Crippen LogP contribution in [0.25, 0.3) is 11.1 Å². The third-order valence-corrected chi connectivity index (χ3v) is 14.1. The lowest BCUT2D eigenvalue weighted by Crippen LogP contribution is -2.46. The molecule has 0 aromatic heterocycles. The summed E-state index contributed by atoms with van der Waals surface area (Å²) < 4.78 is 48.1. The molecule has 3 aromatic rings. The molecular formula is C37H48F3N3O4Si. The highest BCUT2D eigenvalue weighted by molar-refractivity contribution is 6.74. The van der Waals surface area contributed by atoms with Crippen LogP contribution >= 0.6 is 0 Å². The van der Waals surface area contributed by atoms with E-state index in [1.165, 1.54) is 17.0 Å². The predicted octanol–water partition coefficient (Wildman–Crippen LogP) is 9.43. The number of hydrogen-bond donors (Lipinski definition) is 2. The van der Waals surface area contributed by atoms with E-state index in [0.717, 1.165) is 48.7 Å². The summed E-state index contributed by atoms with van der Waals surface area (Å²) in [6.07, 6.45) is -3.15. The second-order valence-electron chi connectivity index (χ2n) is 14.2. The van der Waals surface area contributed by atoms with Crippen LogP contribution in [0.5, 0.6) is 0 Å². The fourth-order valence-corrected chi connectivity index (χ4v) is 6.65. The number of amides is 2. The molecule has 7 nitrogen and oxygen atoms in total. The molecule has 48 heavy (non-hydrogen) atoms. The molecule has 1 heterocycles. The second-order valence-corrected chi connectivity index (χ2v) is 19.0. The highest BCUT2D eigenvalue weighted by Crippen LogP contribution is 2.39. The van der Waals surface area contributed by atoms with Crippen molar-refractivity contribution >= 4 is 31.7 Å². The molecule has 1 fully saturated rings. The Morgan fingerprint density at radius 1 is 1.00 bits per heavy atom. The maximum atomic E-state index is 14.0. The molecule has 1 aliphatic rings. The van der Waals surface area contributed by atoms with Gasteiger partial charge >= 0.3 is 12.3 Å². The maximum Gasteiger partial charge on any atom is 0.416 e. The Kier molecular flexibility index (Phi) is 11.8. The highest BCUT2D eigenvalue weighted by Gasteiger charge is 2.39. The molecule has 0 saturated carbocycles. The number of carbonyl (C=O) groups is 2. The minimum absolute atomic E-state index is 0.0377. The zero-order valence-electron chi connectivity index (χ0n) is 28.8. The monoisotopic (exact) mass is 683 g/mol. The van der Waals surface area contributed by atoms with Crippen molar-refractivity contribution in [2.75, 3.05) is 30.4 Å². The molecule has 2 N–H and O–H groups in total. The predicted molar refractivity (Wildman–Crippen MR) is 188 cm³/mol. The van der Waals surface area contributed by atoms with Gasteiger partial charge in [-0.15, -0.1) is 0 Å². The van der Waals surface area contributed by atoms with Gasteiger partial charge in [-0.1, -0.05) is 69.3 Å². The Morgan fingerprint density at radius 2 is 1.67 bits per heavy atom. The van der Waals surface area contributed by atoms with E-state index in [1.807, 2.05) is 89.4 Å². The average Bonchev–Trinajstić information content (AvgIpc) is 3.01. The van der Waals surface area contributed by atoms with Crippen molar-refractivity contribution in [3.05, 3.63) is 83.4 Å². The van der Waals surface area contributed by atoms with Crippen LogP contribution in [0, 0.1) is 0 Å². The van der Waals surface area contributed by atoms with Gasteiger partial charge in [0.15, 0.2) is 8.32 Å². The van der Waals surface area contributed by atoms with Crippen molar-refractivity contribution in [1.29, 1.82) is 0 Å². The molecule has 11 heteroatoms. The summed E-state index contributed by atoms with van der Waals surface area (Å²) >= 11 is 0. The van der Waals surface area contributed by atoms with E-state index in [4.69, 9.17) is 4.43 Å². The van der Waals surface area contributed by atoms with Crippen LogP contribution in [-0.2, 0) is 28.4 Å². The Morgan fingerprint density at radius 3 is 2.27 bits per heavy atom. The van der Waals surface area contributed by atoms with Crippen LogP contribution in [-0.4, -0.2) is 56.5 Å². The first kappa shape index (κ1) is 37.2. The number of carboxylic acid groups (broad SMARTS) is 1. The molecule has 3 aromatic carbocycles. The molecule has 0 radical (unpaired) electrons. The number of anilines is 2. The van der Waals surface area contributed by atoms with Crippen molar-refractivity contribution in [1.82, 2.24) is 4.90 Å². The molecule has 2 amide bonds. The first-order valence-electron chi connectivity index (χ1n) is 16.5. The second kappa shape index (κ2) is 15.3. The summed E-state index contributed by atoms with van der Waals surface area (Å²) in [5.74, 6) is -0.395. The molecule has 260 valence electrons. The molecule has 0 unspecified atom stereocenters. The van der Waals surface area contributed by atoms with Gasteiger partial charge in [-0.3, -0.25) is 9.69 Å². The third-order valence-electron chi connectivity index (χ3n) is 9.63. The molecule has 4 rings (SSSR count). The summed E-state index contributed by atoms with van der Waals surface area (Å²) in [7, 11) is -0.239. The standard InChI is InChI=1S/C37H48F3N3O4Si/c1-36(2,3)48(5,6)47-25-28-16-17-29(24-32(28)37(38,39)40)41-34(44)14-10-11-26-15-18-31(27-12-8-7-9-13-27)33(23-26)43(35(45)46)30-19-21-42(4)22-20-30/h7-9,12-13,15-18,23-24,30H,10-11,14,19-22,25H2,1-6H3,(H,41,44)(H,45,46). The fraction of sp³-hybridized carbons (Fsp3) is 0.459. The van der Waals surface area contributed by atoms with Gasteiger partial charge in [-0.05, 0) is 98.8 Å². The number of hydrogen-bond acceptors (Lipinski definition) is 4. The Hall–Kier alpha value is -3.67. The number of carbonyl (C=O) groups excluding carboxylic acids is 1. The van der Waals surface area contributed by atoms with Crippen molar-refractivity contribution in [2.45, 2.75) is 89.8 Å². The average molecular weight is 684 g/mol. The van der Waals surface area contributed by atoms with Gasteiger partial charge < -0.3 is 19.7 Å². The van der Waals surface area contributed by atoms with E-state index in [2.05, 4.69) is 10.2 Å². The summed E-state index contributed by atoms with van der Waals surface area (Å²) in [5, 5.41) is 12.8. The van der Waals surface area contributed by atoms with Crippen LogP contribution in [0.2, 0.25) is 18.1 Å². The van der Waals surface area contributed by atoms with Crippen molar-refractivity contribution in [3.63, 3.8) is 0 Å². The number of nitrogens with one attached hydrogen (secondary N) is 1. The van der Waals surface area contributed by atoms with E-state index in [0.29, 0.717) is 18.5 Å². The number of rotatable bonds is 11. The van der Waals surface area contributed by atoms with Crippen LogP contribution in [0.4, 0.5) is 29.3 Å². The lowest BCUT2D eigenvalue weighted by atomic mass is 9.96. The Bertz CT molecular complexity index is 1570. The topological polar surface area (TPSA) is 82.1 Å².